The number of hydrogen-bond acceptors (Lipinski definition) is 1. The first-order valence-corrected chi connectivity index (χ1v) is 14.4. The van der Waals surface area contributed by atoms with Crippen molar-refractivity contribution in [1.82, 2.24) is 0 Å². The van der Waals surface area contributed by atoms with Gasteiger partial charge in [0.25, 0.3) is 0 Å². The predicted molar refractivity (Wildman–Crippen MR) is 129 cm³/mol. The molecular formula is C26H54OSi. The molecule has 0 saturated heterocycles. The number of rotatable bonds is 25. The zero-order chi connectivity index (χ0) is 20.4. The van der Waals surface area contributed by atoms with E-state index in [-0.39, 0.29) is 0 Å². The smallest absolute Gasteiger partial charge is 0.229 e. The summed E-state index contributed by atoms with van der Waals surface area (Å²) in [4.78, 5) is 0. The number of hydrogen-bond donors (Lipinski definition) is 0. The summed E-state index contributed by atoms with van der Waals surface area (Å²) in [6, 6.07) is 1.29. The molecule has 0 fully saturated rings. The van der Waals surface area contributed by atoms with Gasteiger partial charge in [0.2, 0.25) is 9.76 Å². The topological polar surface area (TPSA) is 9.23 Å². The van der Waals surface area contributed by atoms with Crippen molar-refractivity contribution in [2.45, 2.75) is 161 Å². The average molecular weight is 411 g/mol. The monoisotopic (exact) mass is 410 g/mol. The Hall–Kier alpha value is 0.177. The van der Waals surface area contributed by atoms with Gasteiger partial charge in [-0.15, -0.1) is 0 Å². The molecule has 0 bridgehead atoms. The average Bonchev–Trinajstić information content (AvgIpc) is 2.71. The van der Waals surface area contributed by atoms with Crippen LogP contribution in [0.15, 0.2) is 0 Å². The van der Waals surface area contributed by atoms with Crippen molar-refractivity contribution in [3.63, 3.8) is 0 Å². The standard InChI is InChI=1S/C26H54OSi/c1-3-5-7-9-10-11-12-13-14-15-16-17-18-19-20-21-22-23-25-27-28-26-24-8-6-4-2/h3-26H2,1-2H3. The molecule has 168 valence electrons. The van der Waals surface area contributed by atoms with Crippen molar-refractivity contribution in [3.8, 4) is 0 Å². The van der Waals surface area contributed by atoms with Gasteiger partial charge in [-0.05, 0) is 12.5 Å². The highest BCUT2D eigenvalue weighted by Crippen LogP contribution is 2.14. The van der Waals surface area contributed by atoms with Gasteiger partial charge >= 0.3 is 0 Å². The highest BCUT2D eigenvalue weighted by atomic mass is 28.2. The maximum atomic E-state index is 5.77. The van der Waals surface area contributed by atoms with Gasteiger partial charge in [0.15, 0.2) is 0 Å². The minimum Gasteiger partial charge on any atom is -0.417 e. The zero-order valence-corrected chi connectivity index (χ0v) is 20.9. The van der Waals surface area contributed by atoms with E-state index in [1.54, 1.807) is 0 Å². The normalized spacial score (nSPS) is 11.4. The fraction of sp³-hybridized carbons (Fsp3) is 1.00. The fourth-order valence-electron chi connectivity index (χ4n) is 3.84. The third kappa shape index (κ3) is 26.2. The summed E-state index contributed by atoms with van der Waals surface area (Å²) in [5.74, 6) is 0. The van der Waals surface area contributed by atoms with E-state index in [0.717, 1.165) is 16.4 Å². The maximum absolute atomic E-state index is 5.77. The van der Waals surface area contributed by atoms with Gasteiger partial charge in [0, 0.05) is 6.61 Å². The molecule has 28 heavy (non-hydrogen) atoms. The molecule has 0 aromatic heterocycles. The first kappa shape index (κ1) is 28.2. The summed E-state index contributed by atoms with van der Waals surface area (Å²) >= 11 is 0. The van der Waals surface area contributed by atoms with Crippen LogP contribution in [0.2, 0.25) is 6.04 Å². The van der Waals surface area contributed by atoms with Crippen LogP contribution >= 0.6 is 0 Å². The Morgan fingerprint density at radius 3 is 1.11 bits per heavy atom. The maximum Gasteiger partial charge on any atom is 0.229 e. The molecule has 0 aliphatic heterocycles. The van der Waals surface area contributed by atoms with E-state index >= 15 is 0 Å². The van der Waals surface area contributed by atoms with E-state index in [2.05, 4.69) is 13.8 Å². The van der Waals surface area contributed by atoms with E-state index in [0.29, 0.717) is 0 Å². The first-order chi connectivity index (χ1) is 13.9. The van der Waals surface area contributed by atoms with Gasteiger partial charge in [0.05, 0.1) is 0 Å². The highest BCUT2D eigenvalue weighted by Gasteiger charge is 1.96. The Balaban J connectivity index is 2.96. The van der Waals surface area contributed by atoms with E-state index in [1.807, 2.05) is 0 Å². The molecular weight excluding hydrogens is 356 g/mol. The molecule has 0 rings (SSSR count). The molecule has 0 N–H and O–H groups in total. The Kier molecular flexibility index (Phi) is 27.3. The lowest BCUT2D eigenvalue weighted by atomic mass is 10.0. The minimum atomic E-state index is 0.754. The van der Waals surface area contributed by atoms with Gasteiger partial charge in [-0.3, -0.25) is 0 Å². The lowest BCUT2D eigenvalue weighted by Gasteiger charge is -2.04. The zero-order valence-electron chi connectivity index (χ0n) is 19.9. The summed E-state index contributed by atoms with van der Waals surface area (Å²) in [7, 11) is 0.754. The SMILES string of the molecule is CCCCCCCCCCCCCCCCCCCCO[Si]CCCCCC. The van der Waals surface area contributed by atoms with Gasteiger partial charge < -0.3 is 4.43 Å². The van der Waals surface area contributed by atoms with Crippen LogP contribution in [-0.4, -0.2) is 16.4 Å². The molecule has 0 aliphatic carbocycles. The van der Waals surface area contributed by atoms with Crippen LogP contribution in [0.25, 0.3) is 0 Å². The summed E-state index contributed by atoms with van der Waals surface area (Å²) in [6.45, 7) is 5.58. The van der Waals surface area contributed by atoms with Gasteiger partial charge in [-0.1, -0.05) is 149 Å². The van der Waals surface area contributed by atoms with Crippen molar-refractivity contribution < 1.29 is 4.43 Å². The molecule has 1 nitrogen and oxygen atoms in total. The van der Waals surface area contributed by atoms with Crippen molar-refractivity contribution in [2.24, 2.45) is 0 Å². The third-order valence-electron chi connectivity index (χ3n) is 5.83. The largest absolute Gasteiger partial charge is 0.417 e. The summed E-state index contributed by atoms with van der Waals surface area (Å²) in [5, 5.41) is 0. The molecule has 0 heterocycles. The Labute approximate surface area is 182 Å². The molecule has 0 aromatic carbocycles. The lowest BCUT2D eigenvalue weighted by molar-refractivity contribution is 0.319. The third-order valence-corrected chi connectivity index (χ3v) is 6.80. The van der Waals surface area contributed by atoms with E-state index in [4.69, 9.17) is 4.43 Å². The van der Waals surface area contributed by atoms with E-state index < -0.39 is 0 Å². The molecule has 0 amide bonds. The van der Waals surface area contributed by atoms with Crippen molar-refractivity contribution in [3.05, 3.63) is 0 Å². The van der Waals surface area contributed by atoms with E-state index in [1.165, 1.54) is 147 Å². The summed E-state index contributed by atoms with van der Waals surface area (Å²) in [6.07, 6.45) is 31.5. The molecule has 2 radical (unpaired) electrons. The van der Waals surface area contributed by atoms with Gasteiger partial charge in [-0.25, -0.2) is 0 Å². The quantitative estimate of drug-likeness (QED) is 0.107. The first-order valence-electron chi connectivity index (χ1n) is 13.3. The summed E-state index contributed by atoms with van der Waals surface area (Å²) < 4.78 is 5.77. The van der Waals surface area contributed by atoms with Crippen LogP contribution in [0.3, 0.4) is 0 Å². The second-order valence-electron chi connectivity index (χ2n) is 8.81. The van der Waals surface area contributed by atoms with Gasteiger partial charge in [-0.2, -0.15) is 0 Å². The number of unbranched alkanes of at least 4 members (excludes halogenated alkanes) is 20. The molecule has 0 unspecified atom stereocenters. The Morgan fingerprint density at radius 2 is 0.714 bits per heavy atom. The Morgan fingerprint density at radius 1 is 0.393 bits per heavy atom. The van der Waals surface area contributed by atoms with Crippen LogP contribution in [-0.2, 0) is 4.43 Å². The Bertz CT molecular complexity index is 231. The molecule has 0 atom stereocenters. The fourth-order valence-corrected chi connectivity index (χ4v) is 4.67. The van der Waals surface area contributed by atoms with Crippen molar-refractivity contribution >= 4 is 9.76 Å². The second kappa shape index (κ2) is 27.2. The van der Waals surface area contributed by atoms with Crippen LogP contribution in [0.4, 0.5) is 0 Å². The van der Waals surface area contributed by atoms with Gasteiger partial charge in [0.1, 0.15) is 0 Å². The molecule has 0 aromatic rings. The lowest BCUT2D eigenvalue weighted by Crippen LogP contribution is -2.00. The predicted octanol–water partition coefficient (Wildman–Crippen LogP) is 9.66. The second-order valence-corrected chi connectivity index (χ2v) is 9.89. The molecule has 0 spiro atoms. The van der Waals surface area contributed by atoms with Crippen LogP contribution in [0, 0.1) is 0 Å². The van der Waals surface area contributed by atoms with Crippen LogP contribution < -0.4 is 0 Å². The van der Waals surface area contributed by atoms with E-state index in [9.17, 15) is 0 Å². The molecule has 0 saturated carbocycles. The highest BCUT2D eigenvalue weighted by molar-refractivity contribution is 6.26. The van der Waals surface area contributed by atoms with Crippen molar-refractivity contribution in [1.29, 1.82) is 0 Å². The van der Waals surface area contributed by atoms with Crippen molar-refractivity contribution in [2.75, 3.05) is 6.61 Å². The molecule has 2 heteroatoms. The van der Waals surface area contributed by atoms with Crippen LogP contribution in [0.1, 0.15) is 155 Å². The minimum absolute atomic E-state index is 0.754. The van der Waals surface area contributed by atoms with Crippen LogP contribution in [0.5, 0.6) is 0 Å². The molecule has 0 aliphatic rings. The summed E-state index contributed by atoms with van der Waals surface area (Å²) in [5.41, 5.74) is 0.